The zero-order chi connectivity index (χ0) is 22.1. The summed E-state index contributed by atoms with van der Waals surface area (Å²) < 4.78 is 5.63. The predicted octanol–water partition coefficient (Wildman–Crippen LogP) is 3.77. The first-order valence-corrected chi connectivity index (χ1v) is 10.1. The highest BCUT2D eigenvalue weighted by molar-refractivity contribution is 6.07. The van der Waals surface area contributed by atoms with Crippen LogP contribution in [0.15, 0.2) is 36.4 Å². The van der Waals surface area contributed by atoms with Gasteiger partial charge in [-0.25, -0.2) is 0 Å². The van der Waals surface area contributed by atoms with E-state index in [4.69, 9.17) is 10.1 Å². The van der Waals surface area contributed by atoms with E-state index < -0.39 is 0 Å². The lowest BCUT2D eigenvalue weighted by atomic mass is 9.86. The number of rotatable bonds is 6. The summed E-state index contributed by atoms with van der Waals surface area (Å²) in [5.74, 6) is 0.450. The summed E-state index contributed by atoms with van der Waals surface area (Å²) in [5.41, 5.74) is 3.64. The van der Waals surface area contributed by atoms with Gasteiger partial charge in [-0.3, -0.25) is 15.0 Å². The number of ketones is 1. The molecule has 0 fully saturated rings. The van der Waals surface area contributed by atoms with E-state index in [1.165, 1.54) is 0 Å². The van der Waals surface area contributed by atoms with Gasteiger partial charge in [0.05, 0.1) is 18.7 Å². The Bertz CT molecular complexity index is 1010. The number of fused-ring (bicyclic) bond motifs is 1. The summed E-state index contributed by atoms with van der Waals surface area (Å²) in [4.78, 5) is 26.9. The molecule has 6 nitrogen and oxygen atoms in total. The molecule has 0 saturated carbocycles. The van der Waals surface area contributed by atoms with Gasteiger partial charge >= 0.3 is 0 Å². The van der Waals surface area contributed by atoms with E-state index in [2.05, 4.69) is 26.1 Å². The topological polar surface area (TPSA) is 82.5 Å². The molecule has 2 aromatic rings. The Morgan fingerprint density at radius 2 is 1.93 bits per heavy atom. The molecule has 0 spiro atoms. The summed E-state index contributed by atoms with van der Waals surface area (Å²) in [6, 6.07) is 11.2. The minimum Gasteiger partial charge on any atom is -0.493 e. The zero-order valence-corrected chi connectivity index (χ0v) is 18.3. The maximum Gasteiger partial charge on any atom is 0.254 e. The zero-order valence-electron chi connectivity index (χ0n) is 18.3. The maximum atomic E-state index is 12.9. The lowest BCUT2D eigenvalue weighted by Crippen LogP contribution is -2.30. The van der Waals surface area contributed by atoms with Gasteiger partial charge in [0, 0.05) is 24.7 Å². The van der Waals surface area contributed by atoms with Gasteiger partial charge in [-0.2, -0.15) is 0 Å². The normalized spacial score (nSPS) is 13.2. The lowest BCUT2D eigenvalue weighted by molar-refractivity contribution is 0.0953. The average Bonchev–Trinajstić information content (AvgIpc) is 3.01. The number of benzene rings is 2. The van der Waals surface area contributed by atoms with E-state index in [9.17, 15) is 9.59 Å². The molecule has 1 aliphatic rings. The van der Waals surface area contributed by atoms with Gasteiger partial charge in [0.2, 0.25) is 0 Å². The van der Waals surface area contributed by atoms with Crippen molar-refractivity contribution >= 4 is 17.5 Å². The van der Waals surface area contributed by atoms with Crippen LogP contribution in [0.25, 0.3) is 0 Å². The molecular weight excluding hydrogens is 378 g/mol. The molecule has 0 bridgehead atoms. The van der Waals surface area contributed by atoms with Gasteiger partial charge < -0.3 is 15.0 Å². The number of Topliss-reactive ketones (excluding diaryl/α,β-unsaturated/α-hetero) is 1. The Labute approximate surface area is 177 Å². The molecule has 1 amide bonds. The van der Waals surface area contributed by atoms with Crippen LogP contribution in [0, 0.1) is 5.41 Å². The third kappa shape index (κ3) is 4.22. The fourth-order valence-electron chi connectivity index (χ4n) is 3.57. The van der Waals surface area contributed by atoms with Crippen molar-refractivity contribution in [2.24, 2.45) is 0 Å². The van der Waals surface area contributed by atoms with Crippen LogP contribution in [0.5, 0.6) is 5.75 Å². The van der Waals surface area contributed by atoms with Gasteiger partial charge in [-0.15, -0.1) is 0 Å². The van der Waals surface area contributed by atoms with Crippen molar-refractivity contribution in [2.75, 3.05) is 20.2 Å². The predicted molar refractivity (Wildman–Crippen MR) is 118 cm³/mol. The van der Waals surface area contributed by atoms with Crippen LogP contribution < -0.4 is 10.1 Å². The Hall–Kier alpha value is -3.15. The molecule has 30 heavy (non-hydrogen) atoms. The first kappa shape index (κ1) is 21.6. The monoisotopic (exact) mass is 407 g/mol. The Balaban J connectivity index is 1.84. The maximum absolute atomic E-state index is 12.9. The van der Waals surface area contributed by atoms with E-state index in [0.717, 1.165) is 11.1 Å². The average molecular weight is 408 g/mol. The molecule has 0 unspecified atom stereocenters. The van der Waals surface area contributed by atoms with Crippen LogP contribution in [0.3, 0.4) is 0 Å². The molecule has 2 aromatic carbocycles. The second kappa shape index (κ2) is 8.30. The molecule has 0 radical (unpaired) electrons. The number of amidine groups is 1. The van der Waals surface area contributed by atoms with Crippen molar-refractivity contribution in [2.45, 2.75) is 39.7 Å². The first-order valence-electron chi connectivity index (χ1n) is 10.1. The van der Waals surface area contributed by atoms with E-state index in [0.29, 0.717) is 35.6 Å². The lowest BCUT2D eigenvalue weighted by Gasteiger charge is -2.20. The smallest absolute Gasteiger partial charge is 0.254 e. The largest absolute Gasteiger partial charge is 0.493 e. The van der Waals surface area contributed by atoms with Gasteiger partial charge in [0.25, 0.3) is 5.91 Å². The van der Waals surface area contributed by atoms with Crippen molar-refractivity contribution < 1.29 is 14.3 Å². The molecule has 158 valence electrons. The number of carbonyl (C=O) groups is 2. The molecule has 0 aromatic heterocycles. The minimum atomic E-state index is -0.262. The van der Waals surface area contributed by atoms with E-state index in [1.807, 2.05) is 37.3 Å². The van der Waals surface area contributed by atoms with E-state index in [1.54, 1.807) is 18.0 Å². The fourth-order valence-corrected chi connectivity index (χ4v) is 3.57. The number of hydrogen-bond donors (Lipinski definition) is 2. The first-order chi connectivity index (χ1) is 14.2. The van der Waals surface area contributed by atoms with E-state index in [-0.39, 0.29) is 29.5 Å². The molecular formula is C24H29N3O3. The highest BCUT2D eigenvalue weighted by Gasteiger charge is 2.29. The second-order valence-electron chi connectivity index (χ2n) is 8.48. The quantitative estimate of drug-likeness (QED) is 0.714. The van der Waals surface area contributed by atoms with Crippen LogP contribution in [0.1, 0.15) is 65.1 Å². The SMILES string of the molecule is CCOc1cc2c(cc1C(=O)NC)C(=N)N(CC(=O)c1cccc(C(C)(C)C)c1)C2. The molecule has 0 saturated heterocycles. The molecule has 0 aliphatic carbocycles. The third-order valence-corrected chi connectivity index (χ3v) is 5.29. The summed E-state index contributed by atoms with van der Waals surface area (Å²) in [6.07, 6.45) is 0. The van der Waals surface area contributed by atoms with Crippen LogP contribution in [-0.2, 0) is 12.0 Å². The number of hydrogen-bond acceptors (Lipinski definition) is 4. The van der Waals surface area contributed by atoms with Crippen molar-refractivity contribution in [3.63, 3.8) is 0 Å². The minimum absolute atomic E-state index is 0.0322. The van der Waals surface area contributed by atoms with Gasteiger partial charge in [0.1, 0.15) is 11.6 Å². The number of ether oxygens (including phenoxy) is 1. The second-order valence-corrected chi connectivity index (χ2v) is 8.48. The molecule has 2 N–H and O–H groups in total. The van der Waals surface area contributed by atoms with Gasteiger partial charge in [-0.05, 0) is 41.7 Å². The number of carbonyl (C=O) groups excluding carboxylic acids is 2. The Kier molecular flexibility index (Phi) is 5.97. The standard InChI is InChI=1S/C24H29N3O3/c1-6-30-21-11-16-13-27(22(25)18(16)12-19(21)23(29)26-5)14-20(28)15-8-7-9-17(10-15)24(2,3)4/h7-12,25H,6,13-14H2,1-5H3,(H,26,29). The molecule has 1 heterocycles. The van der Waals surface area contributed by atoms with Crippen molar-refractivity contribution in [1.29, 1.82) is 5.41 Å². The summed E-state index contributed by atoms with van der Waals surface area (Å²) >= 11 is 0. The Morgan fingerprint density at radius 3 is 2.57 bits per heavy atom. The molecule has 3 rings (SSSR count). The van der Waals surface area contributed by atoms with Gasteiger partial charge in [0.15, 0.2) is 5.78 Å². The van der Waals surface area contributed by atoms with Crippen LogP contribution in [0.4, 0.5) is 0 Å². The highest BCUT2D eigenvalue weighted by Crippen LogP contribution is 2.31. The Morgan fingerprint density at radius 1 is 1.20 bits per heavy atom. The summed E-state index contributed by atoms with van der Waals surface area (Å²) in [6.45, 7) is 9.19. The van der Waals surface area contributed by atoms with Gasteiger partial charge in [-0.1, -0.05) is 39.0 Å². The fraction of sp³-hybridized carbons (Fsp3) is 0.375. The molecule has 1 aliphatic heterocycles. The van der Waals surface area contributed by atoms with E-state index >= 15 is 0 Å². The van der Waals surface area contributed by atoms with Crippen molar-refractivity contribution in [3.8, 4) is 5.75 Å². The molecule has 6 heteroatoms. The number of nitrogens with zero attached hydrogens (tertiary/aromatic N) is 1. The van der Waals surface area contributed by atoms with Crippen LogP contribution in [0.2, 0.25) is 0 Å². The van der Waals surface area contributed by atoms with Crippen molar-refractivity contribution in [3.05, 3.63) is 64.2 Å². The van der Waals surface area contributed by atoms with Crippen molar-refractivity contribution in [1.82, 2.24) is 10.2 Å². The van der Waals surface area contributed by atoms with Crippen LogP contribution >= 0.6 is 0 Å². The number of amides is 1. The summed E-state index contributed by atoms with van der Waals surface area (Å²) in [7, 11) is 1.56. The highest BCUT2D eigenvalue weighted by atomic mass is 16.5. The molecule has 0 atom stereocenters. The summed E-state index contributed by atoms with van der Waals surface area (Å²) in [5, 5.41) is 11.2. The third-order valence-electron chi connectivity index (χ3n) is 5.29. The van der Waals surface area contributed by atoms with Crippen LogP contribution in [-0.4, -0.2) is 42.6 Å². The number of nitrogens with one attached hydrogen (secondary N) is 2.